The van der Waals surface area contributed by atoms with Crippen molar-refractivity contribution in [3.8, 4) is 0 Å². The fraction of sp³-hybridized carbons (Fsp3) is 0.556. The van der Waals surface area contributed by atoms with Crippen LogP contribution in [0.1, 0.15) is 45.4 Å². The summed E-state index contributed by atoms with van der Waals surface area (Å²) >= 11 is 0. The summed E-state index contributed by atoms with van der Waals surface area (Å²) in [5.41, 5.74) is 8.77. The first kappa shape index (κ1) is 27.3. The molecule has 12 heteroatoms. The number of nitrogens with one attached hydrogen (secondary N) is 2. The molecule has 3 aromatic rings. The Bertz CT molecular complexity index is 1300. The molecule has 1 aliphatic carbocycles. The van der Waals surface area contributed by atoms with E-state index in [1.54, 1.807) is 4.57 Å². The lowest BCUT2D eigenvalue weighted by molar-refractivity contribution is -0.0510. The average Bonchev–Trinajstić information content (AvgIpc) is 3.40. The van der Waals surface area contributed by atoms with E-state index in [1.165, 1.54) is 18.2 Å². The number of urea groups is 1. The number of hydrogen-bond acceptors (Lipinski definition) is 9. The third-order valence-corrected chi connectivity index (χ3v) is 7.86. The second-order valence-corrected chi connectivity index (χ2v) is 11.7. The number of benzene rings is 1. The van der Waals surface area contributed by atoms with Crippen molar-refractivity contribution in [2.24, 2.45) is 5.92 Å². The van der Waals surface area contributed by atoms with Gasteiger partial charge >= 0.3 is 6.03 Å². The SMILES string of the molecule is CN(C[C@H]1O[C@@H](n2cnc3c(N)ncnc32)[C@H](O)[C@@H]1O)C1CC(CNC(=O)Nc2ccc(C(C)(C)C)cc2)C1. The first-order valence-corrected chi connectivity index (χ1v) is 13.3. The van der Waals surface area contributed by atoms with Gasteiger partial charge in [0.05, 0.1) is 6.33 Å². The number of aliphatic hydroxyl groups excluding tert-OH is 2. The number of nitrogen functional groups attached to an aromatic ring is 1. The van der Waals surface area contributed by atoms with Gasteiger partial charge in [0.2, 0.25) is 0 Å². The van der Waals surface area contributed by atoms with Crippen LogP contribution < -0.4 is 16.4 Å². The molecule has 1 aromatic carbocycles. The molecule has 1 saturated carbocycles. The van der Waals surface area contributed by atoms with E-state index in [4.69, 9.17) is 10.5 Å². The average molecular weight is 539 g/mol. The standard InChI is InChI=1S/C27H38N8O4/c1-27(2,3)16-5-7-17(8-6-16)33-26(38)29-11-15-9-18(10-15)34(4)12-19-21(36)22(37)25(39-19)35-14-32-20-23(28)30-13-31-24(20)35/h5-8,13-15,18-19,21-22,25,36-37H,9-12H2,1-4H3,(H2,28,30,31)(H2,29,33,38)/t15?,18?,19-,21-,22-,25-/m1/s1. The van der Waals surface area contributed by atoms with Crippen LogP contribution in [0.15, 0.2) is 36.9 Å². The van der Waals surface area contributed by atoms with Gasteiger partial charge in [-0.25, -0.2) is 19.7 Å². The minimum absolute atomic E-state index is 0.0670. The van der Waals surface area contributed by atoms with Gasteiger partial charge in [-0.3, -0.25) is 4.57 Å². The van der Waals surface area contributed by atoms with Crippen molar-refractivity contribution in [3.05, 3.63) is 42.5 Å². The number of likely N-dealkylation sites (N-methyl/N-ethyl adjacent to an activating group) is 1. The molecule has 210 valence electrons. The molecule has 5 rings (SSSR count). The lowest BCUT2D eigenvalue weighted by Crippen LogP contribution is -2.50. The molecule has 0 bridgehead atoms. The predicted molar refractivity (Wildman–Crippen MR) is 147 cm³/mol. The number of aromatic nitrogens is 4. The van der Waals surface area contributed by atoms with Crippen LogP contribution in [-0.4, -0.2) is 85.2 Å². The molecule has 0 radical (unpaired) electrons. The van der Waals surface area contributed by atoms with Gasteiger partial charge in [0, 0.05) is 24.8 Å². The normalized spacial score (nSPS) is 27.1. The monoisotopic (exact) mass is 538 g/mol. The molecule has 2 aliphatic rings. The summed E-state index contributed by atoms with van der Waals surface area (Å²) < 4.78 is 7.65. The fourth-order valence-corrected chi connectivity index (χ4v) is 5.29. The number of aliphatic hydroxyl groups is 2. The number of carbonyl (C=O) groups excluding carboxylic acids is 1. The van der Waals surface area contributed by atoms with E-state index in [-0.39, 0.29) is 17.3 Å². The molecular weight excluding hydrogens is 500 g/mol. The molecule has 12 nitrogen and oxygen atoms in total. The summed E-state index contributed by atoms with van der Waals surface area (Å²) in [5, 5.41) is 27.3. The van der Waals surface area contributed by atoms with E-state index in [2.05, 4.69) is 51.3 Å². The Morgan fingerprint density at radius 1 is 1.15 bits per heavy atom. The van der Waals surface area contributed by atoms with Crippen molar-refractivity contribution in [1.82, 2.24) is 29.7 Å². The number of hydrogen-bond donors (Lipinski definition) is 5. The Labute approximate surface area is 227 Å². The van der Waals surface area contributed by atoms with Crippen LogP contribution in [0.25, 0.3) is 11.2 Å². The Kier molecular flexibility index (Phi) is 7.47. The van der Waals surface area contributed by atoms with Crippen LogP contribution >= 0.6 is 0 Å². The quantitative estimate of drug-likeness (QED) is 0.302. The summed E-state index contributed by atoms with van der Waals surface area (Å²) in [7, 11) is 1.98. The number of anilines is 2. The van der Waals surface area contributed by atoms with Crippen molar-refractivity contribution in [3.63, 3.8) is 0 Å². The Hall–Kier alpha value is -3.32. The Morgan fingerprint density at radius 2 is 1.87 bits per heavy atom. The van der Waals surface area contributed by atoms with E-state index in [9.17, 15) is 15.0 Å². The van der Waals surface area contributed by atoms with Gasteiger partial charge in [-0.15, -0.1) is 0 Å². The van der Waals surface area contributed by atoms with Gasteiger partial charge in [-0.05, 0) is 48.9 Å². The van der Waals surface area contributed by atoms with Crippen LogP contribution in [-0.2, 0) is 10.2 Å². The highest BCUT2D eigenvalue weighted by atomic mass is 16.6. The second-order valence-electron chi connectivity index (χ2n) is 11.7. The van der Waals surface area contributed by atoms with E-state index >= 15 is 0 Å². The molecular formula is C27H38N8O4. The van der Waals surface area contributed by atoms with E-state index in [0.29, 0.717) is 36.2 Å². The van der Waals surface area contributed by atoms with Gasteiger partial charge in [-0.1, -0.05) is 32.9 Å². The number of carbonyl (C=O) groups is 1. The van der Waals surface area contributed by atoms with Crippen LogP contribution in [0.2, 0.25) is 0 Å². The van der Waals surface area contributed by atoms with Crippen LogP contribution in [0.3, 0.4) is 0 Å². The zero-order valence-electron chi connectivity index (χ0n) is 22.8. The predicted octanol–water partition coefficient (Wildman–Crippen LogP) is 1.86. The van der Waals surface area contributed by atoms with Gasteiger partial charge in [0.15, 0.2) is 17.7 Å². The molecule has 0 unspecified atom stereocenters. The molecule has 2 aromatic heterocycles. The van der Waals surface area contributed by atoms with Crippen molar-refractivity contribution < 1.29 is 19.7 Å². The molecule has 39 heavy (non-hydrogen) atoms. The minimum Gasteiger partial charge on any atom is -0.387 e. The summed E-state index contributed by atoms with van der Waals surface area (Å²) in [6, 6.07) is 8.02. The molecule has 6 N–H and O–H groups in total. The first-order valence-electron chi connectivity index (χ1n) is 13.3. The van der Waals surface area contributed by atoms with Gasteiger partial charge < -0.3 is 36.2 Å². The van der Waals surface area contributed by atoms with Crippen LogP contribution in [0, 0.1) is 5.92 Å². The highest BCUT2D eigenvalue weighted by molar-refractivity contribution is 5.89. The smallest absolute Gasteiger partial charge is 0.319 e. The molecule has 1 saturated heterocycles. The summed E-state index contributed by atoms with van der Waals surface area (Å²) in [6.07, 6.45) is 1.05. The molecule has 1 aliphatic heterocycles. The van der Waals surface area contributed by atoms with E-state index in [1.807, 2.05) is 31.3 Å². The third-order valence-electron chi connectivity index (χ3n) is 7.86. The summed E-state index contributed by atoms with van der Waals surface area (Å²) in [5.74, 6) is 0.617. The van der Waals surface area contributed by atoms with E-state index in [0.717, 1.165) is 18.5 Å². The maximum atomic E-state index is 12.4. The number of nitrogens with two attached hydrogens (primary N) is 1. The van der Waals surface area contributed by atoms with Crippen LogP contribution in [0.5, 0.6) is 0 Å². The van der Waals surface area contributed by atoms with Crippen molar-refractivity contribution in [2.75, 3.05) is 31.2 Å². The molecule has 2 fully saturated rings. The highest BCUT2D eigenvalue weighted by Gasteiger charge is 2.45. The zero-order chi connectivity index (χ0) is 27.9. The van der Waals surface area contributed by atoms with Crippen molar-refractivity contribution >= 4 is 28.7 Å². The number of ether oxygens (including phenoxy) is 1. The lowest BCUT2D eigenvalue weighted by atomic mass is 9.79. The molecule has 3 heterocycles. The highest BCUT2D eigenvalue weighted by Crippen LogP contribution is 2.35. The van der Waals surface area contributed by atoms with Gasteiger partial charge in [0.1, 0.15) is 30.2 Å². The third kappa shape index (κ3) is 5.69. The number of amides is 2. The molecule has 2 amide bonds. The maximum absolute atomic E-state index is 12.4. The van der Waals surface area contributed by atoms with E-state index < -0.39 is 24.5 Å². The lowest BCUT2D eigenvalue weighted by Gasteiger charge is -2.42. The van der Waals surface area contributed by atoms with Crippen molar-refractivity contribution in [2.45, 2.75) is 69.6 Å². The Morgan fingerprint density at radius 3 is 2.56 bits per heavy atom. The zero-order valence-corrected chi connectivity index (χ0v) is 22.8. The first-order chi connectivity index (χ1) is 18.5. The van der Waals surface area contributed by atoms with Gasteiger partial charge in [0.25, 0.3) is 0 Å². The fourth-order valence-electron chi connectivity index (χ4n) is 5.29. The van der Waals surface area contributed by atoms with Crippen LogP contribution in [0.4, 0.5) is 16.3 Å². The maximum Gasteiger partial charge on any atom is 0.319 e. The number of nitrogens with zero attached hydrogens (tertiary/aromatic N) is 5. The number of fused-ring (bicyclic) bond motifs is 1. The second kappa shape index (κ2) is 10.7. The summed E-state index contributed by atoms with van der Waals surface area (Å²) in [6.45, 7) is 7.52. The van der Waals surface area contributed by atoms with Gasteiger partial charge in [-0.2, -0.15) is 0 Å². The summed E-state index contributed by atoms with van der Waals surface area (Å²) in [4.78, 5) is 26.9. The largest absolute Gasteiger partial charge is 0.387 e. The number of rotatable bonds is 7. The molecule has 4 atom stereocenters. The van der Waals surface area contributed by atoms with Crippen molar-refractivity contribution in [1.29, 1.82) is 0 Å². The Balaban J connectivity index is 1.07. The molecule has 0 spiro atoms. The minimum atomic E-state index is -1.14. The topological polar surface area (TPSA) is 164 Å². The number of imidazole rings is 1.